The van der Waals surface area contributed by atoms with Crippen LogP contribution >= 0.6 is 0 Å². The summed E-state index contributed by atoms with van der Waals surface area (Å²) >= 11 is 0. The second-order valence-electron chi connectivity index (χ2n) is 5.32. The first-order valence-corrected chi connectivity index (χ1v) is 7.76. The van der Waals surface area contributed by atoms with Crippen LogP contribution in [0.2, 0.25) is 0 Å². The molecule has 0 heterocycles. The van der Waals surface area contributed by atoms with Crippen molar-refractivity contribution < 1.29 is 14.3 Å². The Hall–Kier alpha value is -3.67. The molecular formula is C20H14FN3O2. The first-order chi connectivity index (χ1) is 12.6. The fourth-order valence-electron chi connectivity index (χ4n) is 2.20. The average molecular weight is 347 g/mol. The molecule has 0 radical (unpaired) electrons. The summed E-state index contributed by atoms with van der Waals surface area (Å²) in [6.07, 6.45) is 1.29. The van der Waals surface area contributed by atoms with Gasteiger partial charge in [0.2, 0.25) is 0 Å². The van der Waals surface area contributed by atoms with Gasteiger partial charge in [-0.3, -0.25) is 4.99 Å². The minimum absolute atomic E-state index is 0.0397. The molecule has 0 atom stereocenters. The second kappa shape index (κ2) is 7.94. The van der Waals surface area contributed by atoms with Gasteiger partial charge in [0.05, 0.1) is 22.6 Å². The van der Waals surface area contributed by atoms with Crippen LogP contribution in [0.15, 0.2) is 88.0 Å². The van der Waals surface area contributed by atoms with E-state index in [9.17, 15) is 14.3 Å². The Labute approximate surface area is 149 Å². The van der Waals surface area contributed by atoms with Crippen molar-refractivity contribution in [3.63, 3.8) is 0 Å². The molecule has 26 heavy (non-hydrogen) atoms. The van der Waals surface area contributed by atoms with E-state index in [1.165, 1.54) is 24.4 Å². The van der Waals surface area contributed by atoms with E-state index in [-0.39, 0.29) is 16.8 Å². The molecule has 0 aromatic heterocycles. The van der Waals surface area contributed by atoms with Crippen molar-refractivity contribution in [1.29, 1.82) is 0 Å². The molecule has 5 nitrogen and oxygen atoms in total. The first-order valence-electron chi connectivity index (χ1n) is 7.76. The van der Waals surface area contributed by atoms with Crippen LogP contribution in [0.25, 0.3) is 0 Å². The van der Waals surface area contributed by atoms with Crippen LogP contribution in [0.3, 0.4) is 0 Å². The molecule has 0 fully saturated rings. The maximum Gasteiger partial charge on any atom is 0.337 e. The lowest BCUT2D eigenvalue weighted by Crippen LogP contribution is -1.96. The van der Waals surface area contributed by atoms with Crippen LogP contribution in [0.5, 0.6) is 0 Å². The van der Waals surface area contributed by atoms with Crippen LogP contribution in [-0.4, -0.2) is 17.3 Å². The Bertz CT molecular complexity index is 985. The number of carboxylic acids is 1. The number of carbonyl (C=O) groups is 1. The molecule has 0 saturated heterocycles. The van der Waals surface area contributed by atoms with Crippen molar-refractivity contribution >= 4 is 29.2 Å². The normalized spacial score (nSPS) is 11.3. The first kappa shape index (κ1) is 17.2. The Balaban J connectivity index is 1.89. The lowest BCUT2D eigenvalue weighted by molar-refractivity contribution is 0.0698. The molecule has 0 saturated carbocycles. The minimum atomic E-state index is -1.15. The molecule has 0 aliphatic heterocycles. The Morgan fingerprint density at radius 2 is 1.58 bits per heavy atom. The Morgan fingerprint density at radius 3 is 2.31 bits per heavy atom. The molecule has 0 aliphatic rings. The molecular weight excluding hydrogens is 333 g/mol. The average Bonchev–Trinajstić information content (AvgIpc) is 2.67. The highest BCUT2D eigenvalue weighted by Gasteiger charge is 2.10. The van der Waals surface area contributed by atoms with Gasteiger partial charge in [-0.05, 0) is 36.4 Å². The van der Waals surface area contributed by atoms with Crippen molar-refractivity contribution in [2.24, 2.45) is 15.2 Å². The summed E-state index contributed by atoms with van der Waals surface area (Å²) in [6.45, 7) is 0. The number of azo groups is 1. The molecule has 6 heteroatoms. The smallest absolute Gasteiger partial charge is 0.337 e. The van der Waals surface area contributed by atoms with E-state index in [2.05, 4.69) is 15.2 Å². The third kappa shape index (κ3) is 4.24. The molecule has 0 amide bonds. The van der Waals surface area contributed by atoms with Gasteiger partial charge in [0.15, 0.2) is 0 Å². The zero-order chi connectivity index (χ0) is 18.4. The lowest BCUT2D eigenvalue weighted by atomic mass is 10.1. The summed E-state index contributed by atoms with van der Waals surface area (Å²) in [5.41, 5.74) is 1.49. The zero-order valence-electron chi connectivity index (χ0n) is 13.6. The zero-order valence-corrected chi connectivity index (χ0v) is 13.6. The number of nitrogens with zero attached hydrogens (tertiary/aromatic N) is 3. The van der Waals surface area contributed by atoms with E-state index in [1.54, 1.807) is 36.4 Å². The van der Waals surface area contributed by atoms with Gasteiger partial charge in [-0.2, -0.15) is 10.2 Å². The quantitative estimate of drug-likeness (QED) is 0.475. The third-order valence-electron chi connectivity index (χ3n) is 3.50. The molecule has 0 bridgehead atoms. The van der Waals surface area contributed by atoms with Crippen molar-refractivity contribution in [2.75, 3.05) is 0 Å². The van der Waals surface area contributed by atoms with E-state index in [4.69, 9.17) is 0 Å². The number of rotatable bonds is 5. The monoisotopic (exact) mass is 347 g/mol. The highest BCUT2D eigenvalue weighted by Crippen LogP contribution is 2.26. The van der Waals surface area contributed by atoms with E-state index >= 15 is 0 Å². The van der Waals surface area contributed by atoms with Gasteiger partial charge in [-0.25, -0.2) is 9.18 Å². The number of hydrogen-bond acceptors (Lipinski definition) is 4. The van der Waals surface area contributed by atoms with Crippen molar-refractivity contribution in [1.82, 2.24) is 0 Å². The summed E-state index contributed by atoms with van der Waals surface area (Å²) in [6, 6.07) is 19.7. The largest absolute Gasteiger partial charge is 0.478 e. The third-order valence-corrected chi connectivity index (χ3v) is 3.50. The SMILES string of the molecule is O=C(O)c1cc(N=Nc2ccccc2)ccc1N=Cc1ccccc1F. The van der Waals surface area contributed by atoms with Gasteiger partial charge < -0.3 is 5.11 Å². The maximum absolute atomic E-state index is 13.6. The molecule has 3 rings (SSSR count). The topological polar surface area (TPSA) is 74.4 Å². The number of benzene rings is 3. The van der Waals surface area contributed by atoms with Crippen molar-refractivity contribution in [3.8, 4) is 0 Å². The summed E-state index contributed by atoms with van der Waals surface area (Å²) in [4.78, 5) is 15.6. The molecule has 0 spiro atoms. The fraction of sp³-hybridized carbons (Fsp3) is 0. The highest BCUT2D eigenvalue weighted by atomic mass is 19.1. The van der Waals surface area contributed by atoms with E-state index in [0.29, 0.717) is 11.4 Å². The molecule has 1 N–H and O–H groups in total. The number of aromatic carboxylic acids is 1. The van der Waals surface area contributed by atoms with Crippen molar-refractivity contribution in [2.45, 2.75) is 0 Å². The number of hydrogen-bond donors (Lipinski definition) is 1. The molecule has 0 unspecified atom stereocenters. The summed E-state index contributed by atoms with van der Waals surface area (Å²) < 4.78 is 13.6. The minimum Gasteiger partial charge on any atom is -0.478 e. The van der Waals surface area contributed by atoms with E-state index in [0.717, 1.165) is 0 Å². The number of aliphatic imine (C=N–C) groups is 1. The van der Waals surface area contributed by atoms with Crippen LogP contribution in [-0.2, 0) is 0 Å². The van der Waals surface area contributed by atoms with Gasteiger partial charge in [0.1, 0.15) is 5.82 Å². The lowest BCUT2D eigenvalue weighted by Gasteiger charge is -2.02. The maximum atomic E-state index is 13.6. The highest BCUT2D eigenvalue weighted by molar-refractivity contribution is 5.96. The van der Waals surface area contributed by atoms with Crippen LogP contribution in [0.1, 0.15) is 15.9 Å². The van der Waals surface area contributed by atoms with Gasteiger partial charge in [-0.15, -0.1) is 0 Å². The van der Waals surface area contributed by atoms with E-state index < -0.39 is 11.8 Å². The fourth-order valence-corrected chi connectivity index (χ4v) is 2.20. The van der Waals surface area contributed by atoms with Crippen LogP contribution in [0, 0.1) is 5.82 Å². The van der Waals surface area contributed by atoms with Gasteiger partial charge >= 0.3 is 5.97 Å². The van der Waals surface area contributed by atoms with Gasteiger partial charge in [0.25, 0.3) is 0 Å². The van der Waals surface area contributed by atoms with Crippen LogP contribution < -0.4 is 0 Å². The standard InChI is InChI=1S/C20H14FN3O2/c21-18-9-5-4-6-14(18)13-22-19-11-10-16(12-17(19)20(25)26)24-23-15-7-2-1-3-8-15/h1-13H,(H,25,26). The van der Waals surface area contributed by atoms with Crippen molar-refractivity contribution in [3.05, 3.63) is 89.7 Å². The number of carboxylic acid groups (broad SMARTS) is 1. The predicted octanol–water partition coefficient (Wildman–Crippen LogP) is 5.69. The van der Waals surface area contributed by atoms with E-state index in [1.807, 2.05) is 18.2 Å². The van der Waals surface area contributed by atoms with Crippen LogP contribution in [0.4, 0.5) is 21.5 Å². The summed E-state index contributed by atoms with van der Waals surface area (Å²) in [5.74, 6) is -1.58. The predicted molar refractivity (Wildman–Crippen MR) is 97.7 cm³/mol. The number of halogens is 1. The van der Waals surface area contributed by atoms with Gasteiger partial charge in [-0.1, -0.05) is 36.4 Å². The summed E-state index contributed by atoms with van der Waals surface area (Å²) in [7, 11) is 0. The second-order valence-corrected chi connectivity index (χ2v) is 5.32. The molecule has 3 aromatic carbocycles. The molecule has 128 valence electrons. The Morgan fingerprint density at radius 1 is 0.885 bits per heavy atom. The Kier molecular flexibility index (Phi) is 5.24. The molecule has 3 aromatic rings. The summed E-state index contributed by atoms with van der Waals surface area (Å²) in [5, 5.41) is 17.5. The molecule has 0 aliphatic carbocycles. The van der Waals surface area contributed by atoms with Gasteiger partial charge in [0, 0.05) is 11.8 Å².